The van der Waals surface area contributed by atoms with Crippen LogP contribution in [0.5, 0.6) is 11.5 Å². The fraction of sp³-hybridized carbons (Fsp3) is 0.630. The first-order valence-corrected chi connectivity index (χ1v) is 12.5. The third-order valence-electron chi connectivity index (χ3n) is 5.16. The molecule has 0 amide bonds. The Hall–Kier alpha value is -3.14. The lowest BCUT2D eigenvalue weighted by atomic mass is 10.0. The summed E-state index contributed by atoms with van der Waals surface area (Å²) >= 11 is 0. The Kier molecular flexibility index (Phi) is 13.7. The van der Waals surface area contributed by atoms with Gasteiger partial charge in [0.05, 0.1) is 25.6 Å². The van der Waals surface area contributed by atoms with Gasteiger partial charge in [0.25, 0.3) is 0 Å². The number of hydrogen-bond acceptors (Lipinski definition) is 10. The van der Waals surface area contributed by atoms with Crippen LogP contribution in [0.1, 0.15) is 60.5 Å². The minimum atomic E-state index is -0.786. The summed E-state index contributed by atoms with van der Waals surface area (Å²) in [4.78, 5) is 48.6. The van der Waals surface area contributed by atoms with Crippen LogP contribution in [0.25, 0.3) is 0 Å². The van der Waals surface area contributed by atoms with Crippen LogP contribution in [0.3, 0.4) is 0 Å². The van der Waals surface area contributed by atoms with Crippen molar-refractivity contribution in [2.45, 2.75) is 73.5 Å². The molecule has 10 heteroatoms. The minimum Gasteiger partial charge on any atom is -0.468 e. The zero-order valence-corrected chi connectivity index (χ0v) is 23.1. The van der Waals surface area contributed by atoms with Gasteiger partial charge in [-0.1, -0.05) is 47.6 Å². The molecule has 0 aliphatic carbocycles. The van der Waals surface area contributed by atoms with Crippen molar-refractivity contribution in [2.24, 2.45) is 17.8 Å². The molecule has 0 aliphatic rings. The van der Waals surface area contributed by atoms with Crippen molar-refractivity contribution in [3.05, 3.63) is 23.8 Å². The molecule has 0 bridgehead atoms. The van der Waals surface area contributed by atoms with Crippen molar-refractivity contribution in [1.29, 1.82) is 0 Å². The monoisotopic (exact) mass is 523 g/mol. The summed E-state index contributed by atoms with van der Waals surface area (Å²) in [7, 11) is 1.27. The van der Waals surface area contributed by atoms with Crippen molar-refractivity contribution in [3.8, 4) is 11.5 Å². The number of ether oxygens (including phenoxy) is 5. The molecule has 0 heterocycles. The van der Waals surface area contributed by atoms with E-state index in [1.165, 1.54) is 13.2 Å². The predicted octanol–water partition coefficient (Wildman–Crippen LogP) is 4.07. The van der Waals surface area contributed by atoms with Crippen LogP contribution < -0.4 is 14.8 Å². The summed E-state index contributed by atoms with van der Waals surface area (Å²) in [5.41, 5.74) is 0.625. The molecule has 0 saturated carbocycles. The topological polar surface area (TPSA) is 126 Å². The summed E-state index contributed by atoms with van der Waals surface area (Å²) in [5.74, 6) is -1.68. The summed E-state index contributed by atoms with van der Waals surface area (Å²) < 4.78 is 26.0. The zero-order valence-electron chi connectivity index (χ0n) is 23.1. The molecular formula is C27H41NO9. The summed E-state index contributed by atoms with van der Waals surface area (Å²) in [6.07, 6.45) is -0.439. The van der Waals surface area contributed by atoms with Gasteiger partial charge in [0.1, 0.15) is 12.1 Å². The summed E-state index contributed by atoms with van der Waals surface area (Å²) in [6.45, 7) is 12.9. The first-order chi connectivity index (χ1) is 17.3. The molecule has 1 rings (SSSR count). The van der Waals surface area contributed by atoms with Crippen molar-refractivity contribution < 1.29 is 42.9 Å². The van der Waals surface area contributed by atoms with Gasteiger partial charge < -0.3 is 29.0 Å². The maximum Gasteiger partial charge on any atom is 0.508 e. The lowest BCUT2D eigenvalue weighted by Crippen LogP contribution is -2.43. The quantitative estimate of drug-likeness (QED) is 0.282. The first-order valence-electron chi connectivity index (χ1n) is 12.5. The number of benzene rings is 1. The maximum atomic E-state index is 12.4. The van der Waals surface area contributed by atoms with E-state index in [1.807, 2.05) is 13.8 Å². The summed E-state index contributed by atoms with van der Waals surface area (Å²) in [6, 6.07) is 3.95. The summed E-state index contributed by atoms with van der Waals surface area (Å²) in [5, 5.41) is 3.04. The highest BCUT2D eigenvalue weighted by atomic mass is 16.7. The van der Waals surface area contributed by atoms with E-state index < -0.39 is 42.1 Å². The Morgan fingerprint density at radius 1 is 0.838 bits per heavy atom. The molecule has 2 atom stereocenters. The number of carbonyl (C=O) groups is 4. The highest BCUT2D eigenvalue weighted by Gasteiger charge is 2.24. The lowest BCUT2D eigenvalue weighted by molar-refractivity contribution is -0.143. The van der Waals surface area contributed by atoms with Crippen molar-refractivity contribution in [1.82, 2.24) is 5.32 Å². The van der Waals surface area contributed by atoms with E-state index in [2.05, 4.69) is 5.32 Å². The molecule has 1 aromatic rings. The SMILES string of the molecule is COC(=O)[C@H](Cc1ccc(OC(=O)C(C)C)c(OC(=O)C(C)C)c1)NCC(C)OC(=O)OCCC(C)C. The maximum absolute atomic E-state index is 12.4. The second-order valence-electron chi connectivity index (χ2n) is 9.83. The third-order valence-corrected chi connectivity index (χ3v) is 5.16. The Bertz CT molecular complexity index is 911. The van der Waals surface area contributed by atoms with E-state index in [4.69, 9.17) is 23.7 Å². The average Bonchev–Trinajstić information content (AvgIpc) is 2.82. The molecule has 0 saturated heterocycles. The second-order valence-corrected chi connectivity index (χ2v) is 9.83. The van der Waals surface area contributed by atoms with Gasteiger partial charge in [-0.25, -0.2) is 4.79 Å². The molecule has 10 nitrogen and oxygen atoms in total. The Morgan fingerprint density at radius 3 is 1.97 bits per heavy atom. The standard InChI is InChI=1S/C27H41NO9/c1-16(2)11-12-34-27(32)35-19(7)15-28-21(26(31)33-8)13-20-9-10-22(36-24(29)17(3)4)23(14-20)37-25(30)18(5)6/h9-10,14,16-19,21,28H,11-13,15H2,1-8H3/t19?,21-/m0/s1. The van der Waals surface area contributed by atoms with Crippen LogP contribution in [0.4, 0.5) is 4.79 Å². The molecule has 208 valence electrons. The van der Waals surface area contributed by atoms with Crippen LogP contribution in [-0.4, -0.2) is 56.5 Å². The Labute approximate surface area is 219 Å². The van der Waals surface area contributed by atoms with Gasteiger partial charge in [-0.15, -0.1) is 0 Å². The predicted molar refractivity (Wildman–Crippen MR) is 136 cm³/mol. The number of methoxy groups -OCH3 is 1. The van der Waals surface area contributed by atoms with E-state index in [0.29, 0.717) is 11.5 Å². The molecule has 0 fully saturated rings. The number of rotatable bonds is 14. The van der Waals surface area contributed by atoms with Gasteiger partial charge in [0.15, 0.2) is 11.5 Å². The number of carbonyl (C=O) groups excluding carboxylic acids is 4. The van der Waals surface area contributed by atoms with E-state index in [9.17, 15) is 19.2 Å². The average molecular weight is 524 g/mol. The van der Waals surface area contributed by atoms with Crippen LogP contribution in [0.2, 0.25) is 0 Å². The van der Waals surface area contributed by atoms with E-state index >= 15 is 0 Å². The number of nitrogens with one attached hydrogen (secondary N) is 1. The van der Waals surface area contributed by atoms with Gasteiger partial charge in [0, 0.05) is 6.54 Å². The van der Waals surface area contributed by atoms with Crippen LogP contribution in [-0.2, 0) is 35.0 Å². The zero-order chi connectivity index (χ0) is 28.1. The van der Waals surface area contributed by atoms with Gasteiger partial charge in [-0.3, -0.25) is 14.4 Å². The van der Waals surface area contributed by atoms with E-state index in [0.717, 1.165) is 6.42 Å². The molecule has 0 radical (unpaired) electrons. The highest BCUT2D eigenvalue weighted by molar-refractivity contribution is 5.78. The van der Waals surface area contributed by atoms with Crippen molar-refractivity contribution >= 4 is 24.1 Å². The molecule has 0 aliphatic heterocycles. The largest absolute Gasteiger partial charge is 0.508 e. The fourth-order valence-corrected chi connectivity index (χ4v) is 2.84. The molecule has 0 aromatic heterocycles. The van der Waals surface area contributed by atoms with Gasteiger partial charge in [-0.2, -0.15) is 0 Å². The number of esters is 3. The Balaban J connectivity index is 2.94. The van der Waals surface area contributed by atoms with Crippen LogP contribution in [0.15, 0.2) is 18.2 Å². The molecule has 0 spiro atoms. The second kappa shape index (κ2) is 15.9. The van der Waals surface area contributed by atoms with E-state index in [-0.39, 0.29) is 37.0 Å². The molecular weight excluding hydrogens is 482 g/mol. The molecule has 1 unspecified atom stereocenters. The molecule has 1 aromatic carbocycles. The van der Waals surface area contributed by atoms with Gasteiger partial charge >= 0.3 is 24.1 Å². The first kappa shape index (κ1) is 31.9. The smallest absolute Gasteiger partial charge is 0.468 e. The lowest BCUT2D eigenvalue weighted by Gasteiger charge is -2.20. The minimum absolute atomic E-state index is 0.0784. The van der Waals surface area contributed by atoms with Gasteiger partial charge in [0.2, 0.25) is 0 Å². The fourth-order valence-electron chi connectivity index (χ4n) is 2.84. The van der Waals surface area contributed by atoms with Crippen molar-refractivity contribution in [3.63, 3.8) is 0 Å². The van der Waals surface area contributed by atoms with Crippen LogP contribution >= 0.6 is 0 Å². The molecule has 37 heavy (non-hydrogen) atoms. The highest BCUT2D eigenvalue weighted by Crippen LogP contribution is 2.30. The number of hydrogen-bond donors (Lipinski definition) is 1. The Morgan fingerprint density at radius 2 is 1.43 bits per heavy atom. The van der Waals surface area contributed by atoms with E-state index in [1.54, 1.807) is 46.8 Å². The molecule has 1 N–H and O–H groups in total. The van der Waals surface area contributed by atoms with Gasteiger partial charge in [-0.05, 0) is 43.4 Å². The van der Waals surface area contributed by atoms with Crippen LogP contribution in [0, 0.1) is 17.8 Å². The van der Waals surface area contributed by atoms with Crippen molar-refractivity contribution in [2.75, 3.05) is 20.3 Å². The third kappa shape index (κ3) is 12.1. The normalized spacial score (nSPS) is 12.7.